The van der Waals surface area contributed by atoms with Crippen molar-refractivity contribution in [3.63, 3.8) is 0 Å². The Bertz CT molecular complexity index is 744. The zero-order chi connectivity index (χ0) is 17.8. The lowest BCUT2D eigenvalue weighted by Crippen LogP contribution is -2.39. The Labute approximate surface area is 164 Å². The normalized spacial score (nSPS) is 15.3. The van der Waals surface area contributed by atoms with Crippen LogP contribution in [0.15, 0.2) is 18.2 Å². The number of rotatable bonds is 6. The molecule has 0 aliphatic carbocycles. The van der Waals surface area contributed by atoms with Gasteiger partial charge in [0.15, 0.2) is 0 Å². The highest BCUT2D eigenvalue weighted by Crippen LogP contribution is 2.35. The van der Waals surface area contributed by atoms with Crippen LogP contribution >= 0.6 is 23.7 Å². The number of benzene rings is 1. The molecular weight excluding hydrogens is 375 g/mol. The number of likely N-dealkylation sites (tertiary alicyclic amines) is 1. The van der Waals surface area contributed by atoms with E-state index in [9.17, 15) is 9.18 Å². The predicted molar refractivity (Wildman–Crippen MR) is 107 cm³/mol. The first-order valence-corrected chi connectivity index (χ1v) is 9.60. The molecule has 26 heavy (non-hydrogen) atoms. The fourth-order valence-electron chi connectivity index (χ4n) is 3.54. The van der Waals surface area contributed by atoms with Gasteiger partial charge in [0.05, 0.1) is 11.5 Å². The molecule has 1 amide bonds. The number of ether oxygens (including phenoxy) is 1. The SMILES string of the molecule is CNCCC1CCN(C(=O)c2sc3cccc(F)c3c2COC)CC1.Cl. The highest BCUT2D eigenvalue weighted by molar-refractivity contribution is 7.21. The number of carbonyl (C=O) groups is 1. The van der Waals surface area contributed by atoms with E-state index in [4.69, 9.17) is 4.74 Å². The monoisotopic (exact) mass is 400 g/mol. The number of methoxy groups -OCH3 is 1. The molecule has 2 aromatic rings. The van der Waals surface area contributed by atoms with Crippen molar-refractivity contribution in [1.29, 1.82) is 0 Å². The minimum atomic E-state index is -0.286. The van der Waals surface area contributed by atoms with Crippen molar-refractivity contribution in [3.8, 4) is 0 Å². The molecule has 0 bridgehead atoms. The summed E-state index contributed by atoms with van der Waals surface area (Å²) in [5.74, 6) is 0.403. The lowest BCUT2D eigenvalue weighted by molar-refractivity contribution is 0.0688. The molecule has 7 heteroatoms. The van der Waals surface area contributed by atoms with Gasteiger partial charge in [-0.25, -0.2) is 4.39 Å². The second-order valence-corrected chi connectivity index (χ2v) is 7.64. The van der Waals surface area contributed by atoms with Crippen LogP contribution in [0.25, 0.3) is 10.1 Å². The average Bonchev–Trinajstić information content (AvgIpc) is 3.00. The molecule has 0 atom stereocenters. The maximum absolute atomic E-state index is 14.3. The summed E-state index contributed by atoms with van der Waals surface area (Å²) >= 11 is 1.37. The molecule has 4 nitrogen and oxygen atoms in total. The van der Waals surface area contributed by atoms with E-state index in [1.54, 1.807) is 13.2 Å². The summed E-state index contributed by atoms with van der Waals surface area (Å²) in [5, 5.41) is 3.72. The highest BCUT2D eigenvalue weighted by Gasteiger charge is 2.27. The fraction of sp³-hybridized carbons (Fsp3) is 0.526. The molecule has 0 radical (unpaired) electrons. The van der Waals surface area contributed by atoms with Crippen molar-refractivity contribution >= 4 is 39.7 Å². The number of thiophene rings is 1. The smallest absolute Gasteiger partial charge is 0.264 e. The summed E-state index contributed by atoms with van der Waals surface area (Å²) in [4.78, 5) is 15.6. The van der Waals surface area contributed by atoms with E-state index < -0.39 is 0 Å². The van der Waals surface area contributed by atoms with Gasteiger partial charge in [-0.1, -0.05) is 6.07 Å². The van der Waals surface area contributed by atoms with E-state index >= 15 is 0 Å². The van der Waals surface area contributed by atoms with Crippen molar-refractivity contribution in [2.24, 2.45) is 5.92 Å². The standard InChI is InChI=1S/C19H25FN2O2S.ClH/c1-21-9-6-13-7-10-22(11-8-13)19(23)18-14(12-24-2)17-15(20)4-3-5-16(17)25-18;/h3-5,13,21H,6-12H2,1-2H3;1H. The quantitative estimate of drug-likeness (QED) is 0.794. The highest BCUT2D eigenvalue weighted by atomic mass is 35.5. The van der Waals surface area contributed by atoms with Gasteiger partial charge < -0.3 is 15.0 Å². The first kappa shape index (κ1) is 21.1. The van der Waals surface area contributed by atoms with Crippen LogP contribution in [0.3, 0.4) is 0 Å². The van der Waals surface area contributed by atoms with Gasteiger partial charge in [-0.15, -0.1) is 23.7 Å². The zero-order valence-electron chi connectivity index (χ0n) is 15.2. The van der Waals surface area contributed by atoms with Gasteiger partial charge in [0.25, 0.3) is 5.91 Å². The molecular formula is C19H26ClFN2O2S. The molecule has 1 aliphatic heterocycles. The van der Waals surface area contributed by atoms with Crippen LogP contribution in [0.2, 0.25) is 0 Å². The van der Waals surface area contributed by atoms with Crippen LogP contribution in [0, 0.1) is 11.7 Å². The Kier molecular flexibility index (Phi) is 7.83. The van der Waals surface area contributed by atoms with Crippen molar-refractivity contribution in [2.75, 3.05) is 33.8 Å². The Morgan fingerprint density at radius 3 is 2.77 bits per heavy atom. The summed E-state index contributed by atoms with van der Waals surface area (Å²) in [6, 6.07) is 4.99. The van der Waals surface area contributed by atoms with Crippen LogP contribution in [-0.4, -0.2) is 44.6 Å². The lowest BCUT2D eigenvalue weighted by Gasteiger charge is -2.32. The van der Waals surface area contributed by atoms with Gasteiger partial charge in [0.2, 0.25) is 0 Å². The van der Waals surface area contributed by atoms with Crippen LogP contribution in [0.1, 0.15) is 34.5 Å². The van der Waals surface area contributed by atoms with Crippen LogP contribution in [0.5, 0.6) is 0 Å². The molecule has 1 aromatic heterocycles. The number of amides is 1. The fourth-order valence-corrected chi connectivity index (χ4v) is 4.73. The Hall–Kier alpha value is -1.21. The first-order chi connectivity index (χ1) is 12.2. The maximum atomic E-state index is 14.3. The first-order valence-electron chi connectivity index (χ1n) is 8.78. The van der Waals surface area contributed by atoms with E-state index in [1.165, 1.54) is 17.4 Å². The predicted octanol–water partition coefficient (Wildman–Crippen LogP) is 4.07. The van der Waals surface area contributed by atoms with Gasteiger partial charge in [0, 0.05) is 35.8 Å². The van der Waals surface area contributed by atoms with Gasteiger partial charge in [0.1, 0.15) is 5.82 Å². The Balaban J connectivity index is 0.00000243. The minimum Gasteiger partial charge on any atom is -0.380 e. The van der Waals surface area contributed by atoms with Crippen LogP contribution in [0.4, 0.5) is 4.39 Å². The zero-order valence-corrected chi connectivity index (χ0v) is 16.9. The number of hydrogen-bond acceptors (Lipinski definition) is 4. The van der Waals surface area contributed by atoms with Gasteiger partial charge in [-0.2, -0.15) is 0 Å². The molecule has 1 N–H and O–H groups in total. The van der Waals surface area contributed by atoms with Gasteiger partial charge >= 0.3 is 0 Å². The van der Waals surface area contributed by atoms with Crippen LogP contribution in [-0.2, 0) is 11.3 Å². The molecule has 1 fully saturated rings. The molecule has 3 rings (SSSR count). The summed E-state index contributed by atoms with van der Waals surface area (Å²) in [6.07, 6.45) is 3.22. The number of nitrogens with zero attached hydrogens (tertiary/aromatic N) is 1. The van der Waals surface area contributed by atoms with E-state index in [2.05, 4.69) is 5.32 Å². The van der Waals surface area contributed by atoms with E-state index in [-0.39, 0.29) is 30.7 Å². The van der Waals surface area contributed by atoms with E-state index in [0.717, 1.165) is 43.6 Å². The molecule has 144 valence electrons. The second kappa shape index (κ2) is 9.65. The summed E-state index contributed by atoms with van der Waals surface area (Å²) in [7, 11) is 3.54. The third-order valence-electron chi connectivity index (χ3n) is 4.95. The van der Waals surface area contributed by atoms with Crippen molar-refractivity contribution < 1.29 is 13.9 Å². The number of fused-ring (bicyclic) bond motifs is 1. The maximum Gasteiger partial charge on any atom is 0.264 e. The largest absolute Gasteiger partial charge is 0.380 e. The number of carbonyl (C=O) groups excluding carboxylic acids is 1. The number of piperidine rings is 1. The molecule has 1 aromatic carbocycles. The summed E-state index contributed by atoms with van der Waals surface area (Å²) < 4.78 is 20.3. The summed E-state index contributed by atoms with van der Waals surface area (Å²) in [6.45, 7) is 2.82. The van der Waals surface area contributed by atoms with E-state index in [1.807, 2.05) is 18.0 Å². The molecule has 0 saturated carbocycles. The second-order valence-electron chi connectivity index (χ2n) is 6.58. The average molecular weight is 401 g/mol. The van der Waals surface area contributed by atoms with E-state index in [0.29, 0.717) is 21.7 Å². The minimum absolute atomic E-state index is 0. The molecule has 0 unspecified atom stereocenters. The Morgan fingerprint density at radius 2 is 2.12 bits per heavy atom. The van der Waals surface area contributed by atoms with Crippen molar-refractivity contribution in [2.45, 2.75) is 25.9 Å². The molecule has 0 spiro atoms. The van der Waals surface area contributed by atoms with Gasteiger partial charge in [-0.05, 0) is 50.9 Å². The lowest BCUT2D eigenvalue weighted by atomic mass is 9.93. The molecule has 1 aliphatic rings. The number of nitrogens with one attached hydrogen (secondary N) is 1. The topological polar surface area (TPSA) is 41.6 Å². The Morgan fingerprint density at radius 1 is 1.38 bits per heavy atom. The van der Waals surface area contributed by atoms with Crippen LogP contribution < -0.4 is 5.32 Å². The van der Waals surface area contributed by atoms with Crippen molar-refractivity contribution in [1.82, 2.24) is 10.2 Å². The van der Waals surface area contributed by atoms with Gasteiger partial charge in [-0.3, -0.25) is 4.79 Å². The molecule has 2 heterocycles. The number of halogens is 2. The van der Waals surface area contributed by atoms with Crippen molar-refractivity contribution in [3.05, 3.63) is 34.5 Å². The number of hydrogen-bond donors (Lipinski definition) is 1. The third kappa shape index (κ3) is 4.36. The molecule has 1 saturated heterocycles. The third-order valence-corrected chi connectivity index (χ3v) is 6.14. The summed E-state index contributed by atoms with van der Waals surface area (Å²) in [5.41, 5.74) is 0.683.